The highest BCUT2D eigenvalue weighted by Gasteiger charge is 2.35. The Morgan fingerprint density at radius 3 is 2.61 bits per heavy atom. The van der Waals surface area contributed by atoms with Gasteiger partial charge in [0.25, 0.3) is 0 Å². The van der Waals surface area contributed by atoms with Crippen LogP contribution in [0.15, 0.2) is 0 Å². The molecule has 0 aromatic heterocycles. The maximum Gasteiger partial charge on any atom is 0.0198 e. The van der Waals surface area contributed by atoms with Crippen molar-refractivity contribution in [2.45, 2.75) is 71.4 Å². The van der Waals surface area contributed by atoms with Crippen LogP contribution in [0.4, 0.5) is 0 Å². The average molecular weight is 252 g/mol. The standard InChI is InChI=1S/C16H32N2/c1-4-5-14-10-15(17-9-8-13(2)3)12-18(11-14)16-6-7-16/h13-17H,4-12H2,1-3H3. The molecular formula is C16H32N2. The minimum absolute atomic E-state index is 0.759. The number of hydrogen-bond donors (Lipinski definition) is 1. The van der Waals surface area contributed by atoms with Crippen LogP contribution in [0.25, 0.3) is 0 Å². The van der Waals surface area contributed by atoms with Crippen LogP contribution in [0, 0.1) is 11.8 Å². The number of nitrogens with zero attached hydrogens (tertiary/aromatic N) is 1. The molecule has 0 amide bonds. The van der Waals surface area contributed by atoms with E-state index in [-0.39, 0.29) is 0 Å². The second kappa shape index (κ2) is 6.91. The van der Waals surface area contributed by atoms with Crippen LogP contribution in [0.1, 0.15) is 59.3 Å². The van der Waals surface area contributed by atoms with Crippen molar-refractivity contribution in [2.24, 2.45) is 11.8 Å². The molecule has 1 heterocycles. The summed E-state index contributed by atoms with van der Waals surface area (Å²) in [5, 5.41) is 3.81. The zero-order valence-corrected chi connectivity index (χ0v) is 12.6. The predicted molar refractivity (Wildman–Crippen MR) is 78.9 cm³/mol. The molecule has 2 rings (SSSR count). The van der Waals surface area contributed by atoms with Crippen LogP contribution in [0.3, 0.4) is 0 Å². The van der Waals surface area contributed by atoms with Gasteiger partial charge in [-0.3, -0.25) is 4.90 Å². The third-order valence-electron chi connectivity index (χ3n) is 4.48. The molecule has 2 heteroatoms. The van der Waals surface area contributed by atoms with E-state index < -0.39 is 0 Å². The van der Waals surface area contributed by atoms with Gasteiger partial charge in [0.2, 0.25) is 0 Å². The van der Waals surface area contributed by atoms with Crippen molar-refractivity contribution < 1.29 is 0 Å². The molecule has 2 fully saturated rings. The van der Waals surface area contributed by atoms with Crippen LogP contribution in [0.5, 0.6) is 0 Å². The fourth-order valence-electron chi connectivity index (χ4n) is 3.32. The van der Waals surface area contributed by atoms with Gasteiger partial charge < -0.3 is 5.32 Å². The number of nitrogens with one attached hydrogen (secondary N) is 1. The second-order valence-electron chi connectivity index (χ2n) is 6.91. The first-order valence-corrected chi connectivity index (χ1v) is 8.16. The Labute approximate surface area is 114 Å². The Morgan fingerprint density at radius 2 is 2.00 bits per heavy atom. The van der Waals surface area contributed by atoms with Crippen LogP contribution in [-0.4, -0.2) is 36.6 Å². The van der Waals surface area contributed by atoms with Crippen LogP contribution >= 0.6 is 0 Å². The lowest BCUT2D eigenvalue weighted by atomic mass is 9.90. The smallest absolute Gasteiger partial charge is 0.0198 e. The topological polar surface area (TPSA) is 15.3 Å². The van der Waals surface area contributed by atoms with Gasteiger partial charge in [-0.05, 0) is 50.5 Å². The highest BCUT2D eigenvalue weighted by Crippen LogP contribution is 2.32. The summed E-state index contributed by atoms with van der Waals surface area (Å²) in [4.78, 5) is 2.77. The lowest BCUT2D eigenvalue weighted by molar-refractivity contribution is 0.128. The number of piperidine rings is 1. The molecule has 2 aliphatic rings. The van der Waals surface area contributed by atoms with Gasteiger partial charge in [-0.2, -0.15) is 0 Å². The quantitative estimate of drug-likeness (QED) is 0.748. The van der Waals surface area contributed by atoms with Crippen LogP contribution in [-0.2, 0) is 0 Å². The fourth-order valence-corrected chi connectivity index (χ4v) is 3.32. The molecule has 0 radical (unpaired) electrons. The van der Waals surface area contributed by atoms with Gasteiger partial charge in [0, 0.05) is 25.2 Å². The molecule has 0 spiro atoms. The Balaban J connectivity index is 1.76. The predicted octanol–water partition coefficient (Wildman–Crippen LogP) is 3.28. The summed E-state index contributed by atoms with van der Waals surface area (Å²) in [6.07, 6.45) is 8.41. The Kier molecular flexibility index (Phi) is 5.50. The summed E-state index contributed by atoms with van der Waals surface area (Å²) >= 11 is 0. The Bertz CT molecular complexity index is 235. The molecule has 106 valence electrons. The van der Waals surface area contributed by atoms with Crippen molar-refractivity contribution in [2.75, 3.05) is 19.6 Å². The van der Waals surface area contributed by atoms with Crippen molar-refractivity contribution in [3.63, 3.8) is 0 Å². The molecule has 0 aromatic carbocycles. The highest BCUT2D eigenvalue weighted by atomic mass is 15.2. The van der Waals surface area contributed by atoms with Gasteiger partial charge in [0.15, 0.2) is 0 Å². The van der Waals surface area contributed by atoms with Gasteiger partial charge in [-0.25, -0.2) is 0 Å². The molecule has 2 nitrogen and oxygen atoms in total. The van der Waals surface area contributed by atoms with E-state index in [1.54, 1.807) is 0 Å². The summed E-state index contributed by atoms with van der Waals surface area (Å²) < 4.78 is 0. The third kappa shape index (κ3) is 4.55. The van der Waals surface area contributed by atoms with Gasteiger partial charge in [-0.15, -0.1) is 0 Å². The van der Waals surface area contributed by atoms with Crippen molar-refractivity contribution in [1.82, 2.24) is 10.2 Å². The molecule has 0 aromatic rings. The second-order valence-corrected chi connectivity index (χ2v) is 6.91. The Morgan fingerprint density at radius 1 is 1.22 bits per heavy atom. The number of rotatable bonds is 7. The summed E-state index contributed by atoms with van der Waals surface area (Å²) in [7, 11) is 0. The molecule has 1 saturated heterocycles. The fraction of sp³-hybridized carbons (Fsp3) is 1.00. The summed E-state index contributed by atoms with van der Waals surface area (Å²) in [5.74, 6) is 1.77. The highest BCUT2D eigenvalue weighted by molar-refractivity contribution is 4.92. The first-order chi connectivity index (χ1) is 8.69. The Hall–Kier alpha value is -0.0800. The van der Waals surface area contributed by atoms with E-state index >= 15 is 0 Å². The van der Waals surface area contributed by atoms with E-state index in [1.807, 2.05) is 0 Å². The van der Waals surface area contributed by atoms with Crippen LogP contribution in [0.2, 0.25) is 0 Å². The molecule has 1 saturated carbocycles. The van der Waals surface area contributed by atoms with Gasteiger partial charge >= 0.3 is 0 Å². The first-order valence-electron chi connectivity index (χ1n) is 8.16. The average Bonchev–Trinajstić information content (AvgIpc) is 3.12. The first kappa shape index (κ1) is 14.3. The normalized spacial score (nSPS) is 30.0. The molecular weight excluding hydrogens is 220 g/mol. The minimum Gasteiger partial charge on any atom is -0.313 e. The minimum atomic E-state index is 0.759. The molecule has 0 bridgehead atoms. The van der Waals surface area contributed by atoms with E-state index in [0.717, 1.165) is 23.9 Å². The zero-order chi connectivity index (χ0) is 13.0. The molecule has 1 N–H and O–H groups in total. The molecule has 1 aliphatic carbocycles. The maximum atomic E-state index is 3.81. The lowest BCUT2D eigenvalue weighted by Crippen LogP contribution is -2.50. The number of hydrogen-bond acceptors (Lipinski definition) is 2. The molecule has 2 atom stereocenters. The van der Waals surface area contributed by atoms with Crippen LogP contribution < -0.4 is 5.32 Å². The van der Waals surface area contributed by atoms with Gasteiger partial charge in [0.1, 0.15) is 0 Å². The monoisotopic (exact) mass is 252 g/mol. The van der Waals surface area contributed by atoms with Crippen molar-refractivity contribution in [1.29, 1.82) is 0 Å². The van der Waals surface area contributed by atoms with Gasteiger partial charge in [0.05, 0.1) is 0 Å². The lowest BCUT2D eigenvalue weighted by Gasteiger charge is -2.38. The van der Waals surface area contributed by atoms with E-state index in [9.17, 15) is 0 Å². The third-order valence-corrected chi connectivity index (χ3v) is 4.48. The van der Waals surface area contributed by atoms with Crippen molar-refractivity contribution >= 4 is 0 Å². The molecule has 18 heavy (non-hydrogen) atoms. The molecule has 2 unspecified atom stereocenters. The summed E-state index contributed by atoms with van der Waals surface area (Å²) in [6.45, 7) is 10.9. The van der Waals surface area contributed by atoms with Gasteiger partial charge in [-0.1, -0.05) is 27.2 Å². The largest absolute Gasteiger partial charge is 0.313 e. The summed E-state index contributed by atoms with van der Waals surface area (Å²) in [5.41, 5.74) is 0. The van der Waals surface area contributed by atoms with E-state index in [4.69, 9.17) is 0 Å². The molecule has 1 aliphatic heterocycles. The van der Waals surface area contributed by atoms with Crippen molar-refractivity contribution in [3.05, 3.63) is 0 Å². The zero-order valence-electron chi connectivity index (χ0n) is 12.6. The number of likely N-dealkylation sites (tertiary alicyclic amines) is 1. The summed E-state index contributed by atoms with van der Waals surface area (Å²) in [6, 6.07) is 1.70. The van der Waals surface area contributed by atoms with E-state index in [2.05, 4.69) is 31.0 Å². The van der Waals surface area contributed by atoms with E-state index in [1.165, 1.54) is 58.2 Å². The SMILES string of the molecule is CCCC1CC(NCCC(C)C)CN(C2CC2)C1. The van der Waals surface area contributed by atoms with E-state index in [0.29, 0.717) is 0 Å². The maximum absolute atomic E-state index is 3.81. The van der Waals surface area contributed by atoms with Crippen molar-refractivity contribution in [3.8, 4) is 0 Å².